The van der Waals surface area contributed by atoms with Gasteiger partial charge in [0.25, 0.3) is 0 Å². The SMILES string of the molecule is OS1(O)CCNc2ccccc21. The third-order valence-corrected chi connectivity index (χ3v) is 3.78. The summed E-state index contributed by atoms with van der Waals surface area (Å²) >= 11 is 0. The van der Waals surface area contributed by atoms with Crippen LogP contribution >= 0.6 is 10.6 Å². The Kier molecular flexibility index (Phi) is 1.75. The van der Waals surface area contributed by atoms with Gasteiger partial charge in [-0.25, -0.2) is 0 Å². The van der Waals surface area contributed by atoms with Crippen molar-refractivity contribution in [2.45, 2.75) is 4.90 Å². The number of fused-ring (bicyclic) bond motifs is 1. The molecule has 3 nitrogen and oxygen atoms in total. The third kappa shape index (κ3) is 1.18. The topological polar surface area (TPSA) is 52.5 Å². The molecule has 1 aromatic carbocycles. The molecule has 0 unspecified atom stereocenters. The molecule has 1 aromatic rings. The van der Waals surface area contributed by atoms with Crippen molar-refractivity contribution in [3.05, 3.63) is 24.3 Å². The maximum atomic E-state index is 9.63. The van der Waals surface area contributed by atoms with Gasteiger partial charge >= 0.3 is 0 Å². The highest BCUT2D eigenvalue weighted by molar-refractivity contribution is 8.24. The summed E-state index contributed by atoms with van der Waals surface area (Å²) in [5.74, 6) is 0.421. The molecule has 0 radical (unpaired) electrons. The summed E-state index contributed by atoms with van der Waals surface area (Å²) in [6.45, 7) is 0.638. The van der Waals surface area contributed by atoms with Crippen LogP contribution in [0.15, 0.2) is 29.2 Å². The summed E-state index contributed by atoms with van der Waals surface area (Å²) < 4.78 is 19.3. The molecule has 3 N–H and O–H groups in total. The van der Waals surface area contributed by atoms with E-state index in [9.17, 15) is 9.11 Å². The molecule has 1 aliphatic heterocycles. The van der Waals surface area contributed by atoms with Crippen LogP contribution in [0.4, 0.5) is 5.69 Å². The molecule has 2 rings (SSSR count). The van der Waals surface area contributed by atoms with Crippen LogP contribution in [-0.4, -0.2) is 21.4 Å². The van der Waals surface area contributed by atoms with Crippen molar-refractivity contribution < 1.29 is 9.11 Å². The van der Waals surface area contributed by atoms with E-state index in [-0.39, 0.29) is 0 Å². The lowest BCUT2D eigenvalue weighted by Gasteiger charge is -2.37. The maximum absolute atomic E-state index is 9.63. The Morgan fingerprint density at radius 1 is 1.25 bits per heavy atom. The Hall–Kier alpha value is -0.710. The Balaban J connectivity index is 2.52. The second-order valence-electron chi connectivity index (χ2n) is 2.79. The monoisotopic (exact) mass is 185 g/mol. The molecule has 0 bridgehead atoms. The first-order valence-corrected chi connectivity index (χ1v) is 5.50. The van der Waals surface area contributed by atoms with Crippen molar-refractivity contribution in [1.82, 2.24) is 0 Å². The zero-order valence-corrected chi connectivity index (χ0v) is 7.34. The minimum Gasteiger partial charge on any atom is -0.382 e. The molecule has 0 amide bonds. The number of hydrogen-bond acceptors (Lipinski definition) is 3. The Morgan fingerprint density at radius 2 is 2.00 bits per heavy atom. The molecule has 0 saturated carbocycles. The van der Waals surface area contributed by atoms with Crippen molar-refractivity contribution in [2.24, 2.45) is 0 Å². The summed E-state index contributed by atoms with van der Waals surface area (Å²) in [7, 11) is -2.50. The number of anilines is 1. The second-order valence-corrected chi connectivity index (χ2v) is 4.98. The lowest BCUT2D eigenvalue weighted by atomic mass is 10.3. The highest BCUT2D eigenvalue weighted by Crippen LogP contribution is 2.53. The molecule has 0 spiro atoms. The minimum atomic E-state index is -2.50. The summed E-state index contributed by atoms with van der Waals surface area (Å²) in [4.78, 5) is 0.649. The molecule has 1 aliphatic rings. The number of nitrogens with one attached hydrogen (secondary N) is 1. The van der Waals surface area contributed by atoms with Gasteiger partial charge in [-0.2, -0.15) is 10.6 Å². The van der Waals surface area contributed by atoms with Crippen LogP contribution < -0.4 is 5.32 Å². The molecular weight excluding hydrogens is 174 g/mol. The van der Waals surface area contributed by atoms with E-state index in [0.717, 1.165) is 5.69 Å². The lowest BCUT2D eigenvalue weighted by Crippen LogP contribution is -2.20. The lowest BCUT2D eigenvalue weighted by molar-refractivity contribution is 0.486. The van der Waals surface area contributed by atoms with Crippen molar-refractivity contribution in [3.8, 4) is 0 Å². The molecule has 0 atom stereocenters. The van der Waals surface area contributed by atoms with E-state index >= 15 is 0 Å². The molecule has 0 saturated heterocycles. The van der Waals surface area contributed by atoms with Gasteiger partial charge in [0.05, 0.1) is 16.3 Å². The Bertz CT molecular complexity index is 301. The van der Waals surface area contributed by atoms with E-state index in [1.165, 1.54) is 0 Å². The molecule has 1 heterocycles. The van der Waals surface area contributed by atoms with E-state index in [1.54, 1.807) is 6.07 Å². The predicted molar refractivity (Wildman–Crippen MR) is 50.9 cm³/mol. The maximum Gasteiger partial charge on any atom is 0.0815 e. The molecule has 12 heavy (non-hydrogen) atoms. The van der Waals surface area contributed by atoms with E-state index in [0.29, 0.717) is 17.2 Å². The summed E-state index contributed by atoms with van der Waals surface area (Å²) in [6.07, 6.45) is 0. The number of benzene rings is 1. The molecule has 66 valence electrons. The third-order valence-electron chi connectivity index (χ3n) is 1.94. The van der Waals surface area contributed by atoms with Gasteiger partial charge in [-0.1, -0.05) is 12.1 Å². The van der Waals surface area contributed by atoms with Gasteiger partial charge in [-0.15, -0.1) is 0 Å². The average molecular weight is 185 g/mol. The molecule has 0 fully saturated rings. The van der Waals surface area contributed by atoms with E-state index in [1.807, 2.05) is 18.2 Å². The fourth-order valence-corrected chi connectivity index (χ4v) is 2.73. The fraction of sp³-hybridized carbons (Fsp3) is 0.250. The van der Waals surface area contributed by atoms with Gasteiger partial charge in [0, 0.05) is 6.54 Å². The van der Waals surface area contributed by atoms with Crippen molar-refractivity contribution in [3.63, 3.8) is 0 Å². The average Bonchev–Trinajstić information content (AvgIpc) is 2.04. The first kappa shape index (κ1) is 7.91. The minimum absolute atomic E-state index is 0.421. The van der Waals surface area contributed by atoms with E-state index < -0.39 is 10.6 Å². The number of hydrogen-bond donors (Lipinski definition) is 3. The number of para-hydroxylation sites is 1. The van der Waals surface area contributed by atoms with Crippen LogP contribution in [-0.2, 0) is 0 Å². The molecular formula is C8H11NO2S. The van der Waals surface area contributed by atoms with E-state index in [4.69, 9.17) is 0 Å². The highest BCUT2D eigenvalue weighted by atomic mass is 32.3. The largest absolute Gasteiger partial charge is 0.382 e. The standard InChI is InChI=1S/C8H11NO2S/c10-12(11)6-5-9-7-3-1-2-4-8(7)12/h1-4,9-11H,5-6H2. The quantitative estimate of drug-likeness (QED) is 0.581. The van der Waals surface area contributed by atoms with Crippen LogP contribution in [0, 0.1) is 0 Å². The van der Waals surface area contributed by atoms with Gasteiger partial charge in [-0.3, -0.25) is 9.11 Å². The Morgan fingerprint density at radius 3 is 2.75 bits per heavy atom. The second kappa shape index (κ2) is 2.65. The molecule has 4 heteroatoms. The van der Waals surface area contributed by atoms with Crippen molar-refractivity contribution in [2.75, 3.05) is 17.6 Å². The van der Waals surface area contributed by atoms with Crippen molar-refractivity contribution in [1.29, 1.82) is 0 Å². The molecule has 0 aliphatic carbocycles. The summed E-state index contributed by atoms with van der Waals surface area (Å²) in [5.41, 5.74) is 0.851. The normalized spacial score (nSPS) is 22.2. The first-order chi connectivity index (χ1) is 5.70. The van der Waals surface area contributed by atoms with Gasteiger partial charge in [0.15, 0.2) is 0 Å². The van der Waals surface area contributed by atoms with Crippen LogP contribution in [0.1, 0.15) is 0 Å². The van der Waals surface area contributed by atoms with Crippen LogP contribution in [0.3, 0.4) is 0 Å². The van der Waals surface area contributed by atoms with E-state index in [2.05, 4.69) is 5.32 Å². The first-order valence-electron chi connectivity index (χ1n) is 3.79. The molecule has 0 aromatic heterocycles. The van der Waals surface area contributed by atoms with Gasteiger partial charge < -0.3 is 5.32 Å². The zero-order chi connectivity index (χ0) is 8.60. The van der Waals surface area contributed by atoms with Crippen LogP contribution in [0.25, 0.3) is 0 Å². The van der Waals surface area contributed by atoms with Gasteiger partial charge in [0.1, 0.15) is 0 Å². The van der Waals surface area contributed by atoms with Gasteiger partial charge in [-0.05, 0) is 12.1 Å². The van der Waals surface area contributed by atoms with Crippen molar-refractivity contribution >= 4 is 16.3 Å². The van der Waals surface area contributed by atoms with Crippen LogP contribution in [0.5, 0.6) is 0 Å². The highest BCUT2D eigenvalue weighted by Gasteiger charge is 2.22. The predicted octanol–water partition coefficient (Wildman–Crippen LogP) is 2.22. The Labute approximate surface area is 72.8 Å². The fourth-order valence-electron chi connectivity index (χ4n) is 1.34. The van der Waals surface area contributed by atoms with Gasteiger partial charge in [0.2, 0.25) is 0 Å². The van der Waals surface area contributed by atoms with Crippen LogP contribution in [0.2, 0.25) is 0 Å². The smallest absolute Gasteiger partial charge is 0.0815 e. The number of rotatable bonds is 0. The summed E-state index contributed by atoms with van der Waals surface area (Å²) in [6, 6.07) is 7.33. The summed E-state index contributed by atoms with van der Waals surface area (Å²) in [5, 5.41) is 3.12. The zero-order valence-electron chi connectivity index (χ0n) is 6.53.